The van der Waals surface area contributed by atoms with Gasteiger partial charge < -0.3 is 14.5 Å². The Morgan fingerprint density at radius 1 is 1.14 bits per heavy atom. The zero-order chi connectivity index (χ0) is 15.7. The Kier molecular flexibility index (Phi) is 4.07. The molecule has 0 atom stereocenters. The first-order valence-corrected chi connectivity index (χ1v) is 7.83. The maximum absolute atomic E-state index is 12.4. The predicted octanol–water partition coefficient (Wildman–Crippen LogP) is 3.44. The largest absolute Gasteiger partial charge is 0.483 e. The molecule has 0 unspecified atom stereocenters. The van der Waals surface area contributed by atoms with Gasteiger partial charge in [0.15, 0.2) is 6.61 Å². The molecular formula is C17H17BrN2O2. The molecule has 0 saturated carbocycles. The van der Waals surface area contributed by atoms with Crippen LogP contribution in [-0.2, 0) is 11.3 Å². The molecule has 0 fully saturated rings. The first-order valence-electron chi connectivity index (χ1n) is 7.03. The topological polar surface area (TPSA) is 32.8 Å². The van der Waals surface area contributed by atoms with Crippen LogP contribution in [0.2, 0.25) is 0 Å². The zero-order valence-corrected chi connectivity index (χ0v) is 14.1. The van der Waals surface area contributed by atoms with Crippen LogP contribution in [0.3, 0.4) is 0 Å². The second-order valence-electron chi connectivity index (χ2n) is 5.43. The Labute approximate surface area is 138 Å². The molecule has 0 radical (unpaired) electrons. The molecule has 0 aliphatic carbocycles. The molecule has 0 N–H and O–H groups in total. The maximum atomic E-state index is 12.4. The molecule has 0 aromatic heterocycles. The third-order valence-corrected chi connectivity index (χ3v) is 4.17. The second kappa shape index (κ2) is 6.01. The van der Waals surface area contributed by atoms with Gasteiger partial charge in [-0.1, -0.05) is 15.9 Å². The van der Waals surface area contributed by atoms with E-state index in [0.717, 1.165) is 27.2 Å². The first kappa shape index (κ1) is 14.9. The molecule has 0 saturated heterocycles. The van der Waals surface area contributed by atoms with E-state index < -0.39 is 0 Å². The summed E-state index contributed by atoms with van der Waals surface area (Å²) in [5, 5.41) is 0. The summed E-state index contributed by atoms with van der Waals surface area (Å²) in [6, 6.07) is 13.8. The Bertz CT molecular complexity index is 698. The van der Waals surface area contributed by atoms with E-state index in [1.165, 1.54) is 0 Å². The average Bonchev–Trinajstić information content (AvgIpc) is 2.66. The van der Waals surface area contributed by atoms with Crippen LogP contribution in [0.1, 0.15) is 5.56 Å². The van der Waals surface area contributed by atoms with Gasteiger partial charge in [-0.3, -0.25) is 4.79 Å². The highest BCUT2D eigenvalue weighted by molar-refractivity contribution is 9.10. The standard InChI is InChI=1S/C17H17BrN2O2/c1-19(2)14-4-6-15(7-5-14)20-10-12-9-13(18)3-8-16(12)22-11-17(20)21/h3-9H,10-11H2,1-2H3. The van der Waals surface area contributed by atoms with Gasteiger partial charge in [0.05, 0.1) is 6.54 Å². The second-order valence-corrected chi connectivity index (χ2v) is 6.35. The van der Waals surface area contributed by atoms with Crippen LogP contribution >= 0.6 is 15.9 Å². The number of hydrogen-bond donors (Lipinski definition) is 0. The van der Waals surface area contributed by atoms with Crippen molar-refractivity contribution in [2.45, 2.75) is 6.54 Å². The minimum Gasteiger partial charge on any atom is -0.483 e. The van der Waals surface area contributed by atoms with Crippen molar-refractivity contribution in [3.8, 4) is 5.75 Å². The number of carbonyl (C=O) groups is 1. The molecule has 1 amide bonds. The van der Waals surface area contributed by atoms with Crippen LogP contribution in [0.25, 0.3) is 0 Å². The maximum Gasteiger partial charge on any atom is 0.265 e. The van der Waals surface area contributed by atoms with Gasteiger partial charge in [-0.05, 0) is 42.5 Å². The molecule has 2 aromatic carbocycles. The van der Waals surface area contributed by atoms with E-state index in [4.69, 9.17) is 4.74 Å². The molecule has 5 heteroatoms. The van der Waals surface area contributed by atoms with Gasteiger partial charge in [-0.2, -0.15) is 0 Å². The van der Waals surface area contributed by atoms with Gasteiger partial charge in [-0.15, -0.1) is 0 Å². The van der Waals surface area contributed by atoms with Crippen LogP contribution in [0, 0.1) is 0 Å². The van der Waals surface area contributed by atoms with Crippen molar-refractivity contribution in [1.29, 1.82) is 0 Å². The number of anilines is 2. The zero-order valence-electron chi connectivity index (χ0n) is 12.5. The van der Waals surface area contributed by atoms with Gasteiger partial charge in [0.25, 0.3) is 5.91 Å². The van der Waals surface area contributed by atoms with Crippen LogP contribution in [0.15, 0.2) is 46.9 Å². The molecule has 1 aliphatic heterocycles. The molecule has 0 spiro atoms. The summed E-state index contributed by atoms with van der Waals surface area (Å²) >= 11 is 3.47. The van der Waals surface area contributed by atoms with Crippen molar-refractivity contribution >= 4 is 33.2 Å². The van der Waals surface area contributed by atoms with E-state index in [-0.39, 0.29) is 12.5 Å². The summed E-state index contributed by atoms with van der Waals surface area (Å²) in [5.41, 5.74) is 2.98. The molecule has 2 aromatic rings. The Hall–Kier alpha value is -2.01. The van der Waals surface area contributed by atoms with Crippen molar-refractivity contribution < 1.29 is 9.53 Å². The van der Waals surface area contributed by atoms with Crippen LogP contribution in [-0.4, -0.2) is 26.6 Å². The number of nitrogens with zero attached hydrogens (tertiary/aromatic N) is 2. The summed E-state index contributed by atoms with van der Waals surface area (Å²) in [5.74, 6) is 0.730. The Morgan fingerprint density at radius 2 is 1.86 bits per heavy atom. The quantitative estimate of drug-likeness (QED) is 0.822. The molecule has 22 heavy (non-hydrogen) atoms. The number of halogens is 1. The predicted molar refractivity (Wildman–Crippen MR) is 91.6 cm³/mol. The van der Waals surface area contributed by atoms with Crippen LogP contribution in [0.4, 0.5) is 11.4 Å². The van der Waals surface area contributed by atoms with Crippen molar-refractivity contribution in [2.75, 3.05) is 30.5 Å². The highest BCUT2D eigenvalue weighted by Crippen LogP contribution is 2.30. The van der Waals surface area contributed by atoms with E-state index in [9.17, 15) is 4.79 Å². The third-order valence-electron chi connectivity index (χ3n) is 3.68. The third kappa shape index (κ3) is 2.95. The number of rotatable bonds is 2. The van der Waals surface area contributed by atoms with E-state index in [1.807, 2.05) is 61.5 Å². The average molecular weight is 361 g/mol. The van der Waals surface area contributed by atoms with Crippen molar-refractivity contribution in [2.24, 2.45) is 0 Å². The highest BCUT2D eigenvalue weighted by atomic mass is 79.9. The Morgan fingerprint density at radius 3 is 2.55 bits per heavy atom. The summed E-state index contributed by atoms with van der Waals surface area (Å²) in [4.78, 5) is 16.2. The molecule has 114 valence electrons. The number of benzene rings is 2. The van der Waals surface area contributed by atoms with E-state index in [0.29, 0.717) is 6.54 Å². The molecular weight excluding hydrogens is 344 g/mol. The number of amides is 1. The molecule has 1 heterocycles. The van der Waals surface area contributed by atoms with Crippen LogP contribution < -0.4 is 14.5 Å². The Balaban J connectivity index is 1.93. The fourth-order valence-corrected chi connectivity index (χ4v) is 2.86. The van der Waals surface area contributed by atoms with Crippen molar-refractivity contribution in [1.82, 2.24) is 0 Å². The summed E-state index contributed by atoms with van der Waals surface area (Å²) in [7, 11) is 3.99. The van der Waals surface area contributed by atoms with Crippen molar-refractivity contribution in [3.63, 3.8) is 0 Å². The number of ether oxygens (including phenoxy) is 1. The van der Waals surface area contributed by atoms with Crippen LogP contribution in [0.5, 0.6) is 5.75 Å². The summed E-state index contributed by atoms with van der Waals surface area (Å²) in [6.45, 7) is 0.568. The fraction of sp³-hybridized carbons (Fsp3) is 0.235. The van der Waals surface area contributed by atoms with Gasteiger partial charge in [0.2, 0.25) is 0 Å². The minimum atomic E-state index is -0.0371. The summed E-state index contributed by atoms with van der Waals surface area (Å²) < 4.78 is 6.59. The van der Waals surface area contributed by atoms with Crippen molar-refractivity contribution in [3.05, 3.63) is 52.5 Å². The molecule has 0 bridgehead atoms. The number of fused-ring (bicyclic) bond motifs is 1. The lowest BCUT2D eigenvalue weighted by Crippen LogP contribution is -2.32. The highest BCUT2D eigenvalue weighted by Gasteiger charge is 2.23. The van der Waals surface area contributed by atoms with Gasteiger partial charge in [0.1, 0.15) is 5.75 Å². The lowest BCUT2D eigenvalue weighted by molar-refractivity contribution is -0.120. The molecule has 1 aliphatic rings. The lowest BCUT2D eigenvalue weighted by atomic mass is 10.1. The molecule has 4 nitrogen and oxygen atoms in total. The van der Waals surface area contributed by atoms with Gasteiger partial charge >= 0.3 is 0 Å². The van der Waals surface area contributed by atoms with E-state index >= 15 is 0 Å². The minimum absolute atomic E-state index is 0.0371. The van der Waals surface area contributed by atoms with E-state index in [1.54, 1.807) is 4.90 Å². The lowest BCUT2D eigenvalue weighted by Gasteiger charge is -2.21. The first-order chi connectivity index (χ1) is 10.5. The normalized spacial score (nSPS) is 14.1. The van der Waals surface area contributed by atoms with Gasteiger partial charge in [0, 0.05) is 35.5 Å². The van der Waals surface area contributed by atoms with E-state index in [2.05, 4.69) is 15.9 Å². The number of hydrogen-bond acceptors (Lipinski definition) is 3. The SMILES string of the molecule is CN(C)c1ccc(N2Cc3cc(Br)ccc3OCC2=O)cc1. The summed E-state index contributed by atoms with van der Waals surface area (Å²) in [6.07, 6.45) is 0. The fourth-order valence-electron chi connectivity index (χ4n) is 2.45. The number of carbonyl (C=O) groups excluding carboxylic acids is 1. The molecule has 3 rings (SSSR count). The van der Waals surface area contributed by atoms with Gasteiger partial charge in [-0.25, -0.2) is 0 Å². The smallest absolute Gasteiger partial charge is 0.265 e. The monoisotopic (exact) mass is 360 g/mol.